The maximum Gasteiger partial charge on any atom is 0.306 e. The van der Waals surface area contributed by atoms with Crippen LogP contribution < -0.4 is 0 Å². The molecule has 0 aromatic heterocycles. The Morgan fingerprint density at radius 1 is 0.294 bits per heavy atom. The monoisotopic (exact) mass is 955 g/mol. The van der Waals surface area contributed by atoms with Crippen molar-refractivity contribution < 1.29 is 28.6 Å². The van der Waals surface area contributed by atoms with Gasteiger partial charge < -0.3 is 14.2 Å². The van der Waals surface area contributed by atoms with E-state index in [4.69, 9.17) is 14.2 Å². The van der Waals surface area contributed by atoms with Gasteiger partial charge in [-0.1, -0.05) is 263 Å². The highest BCUT2D eigenvalue weighted by molar-refractivity contribution is 5.71. The lowest BCUT2D eigenvalue weighted by Gasteiger charge is -2.18. The maximum absolute atomic E-state index is 12.9. The highest BCUT2D eigenvalue weighted by Gasteiger charge is 2.19. The molecule has 0 aromatic carbocycles. The Bertz CT molecular complexity index is 1140. The van der Waals surface area contributed by atoms with Crippen molar-refractivity contribution in [1.82, 2.24) is 0 Å². The van der Waals surface area contributed by atoms with Gasteiger partial charge in [-0.2, -0.15) is 0 Å². The van der Waals surface area contributed by atoms with Crippen LogP contribution in [0.25, 0.3) is 0 Å². The van der Waals surface area contributed by atoms with Crippen LogP contribution in [-0.4, -0.2) is 37.2 Å². The minimum atomic E-state index is -0.773. The van der Waals surface area contributed by atoms with E-state index in [9.17, 15) is 14.4 Å². The molecule has 0 saturated carbocycles. The second-order valence-electron chi connectivity index (χ2n) is 20.3. The fraction of sp³-hybridized carbons (Fsp3) is 0.855. The van der Waals surface area contributed by atoms with Crippen LogP contribution in [-0.2, 0) is 28.6 Å². The lowest BCUT2D eigenvalue weighted by Crippen LogP contribution is -2.30. The fourth-order valence-electron chi connectivity index (χ4n) is 8.82. The summed E-state index contributed by atoms with van der Waals surface area (Å²) in [6.45, 7) is 6.66. The number of esters is 3. The molecule has 6 nitrogen and oxygen atoms in total. The van der Waals surface area contributed by atoms with E-state index in [0.29, 0.717) is 19.3 Å². The Morgan fingerprint density at radius 2 is 0.529 bits per heavy atom. The molecule has 0 N–H and O–H groups in total. The summed E-state index contributed by atoms with van der Waals surface area (Å²) >= 11 is 0. The highest BCUT2D eigenvalue weighted by atomic mass is 16.6. The van der Waals surface area contributed by atoms with Gasteiger partial charge in [-0.25, -0.2) is 0 Å². The lowest BCUT2D eigenvalue weighted by molar-refractivity contribution is -0.167. The molecule has 0 amide bonds. The number of unbranched alkanes of at least 4 members (excludes halogenated alkanes) is 38. The quantitative estimate of drug-likeness (QED) is 0.0262. The smallest absolute Gasteiger partial charge is 0.306 e. The Balaban J connectivity index is 4.31. The molecule has 0 aliphatic heterocycles. The molecule has 0 spiro atoms. The second-order valence-corrected chi connectivity index (χ2v) is 20.3. The summed E-state index contributed by atoms with van der Waals surface area (Å²) in [5, 5.41) is 0. The number of carbonyl (C=O) groups is 3. The average molecular weight is 956 g/mol. The van der Waals surface area contributed by atoms with Gasteiger partial charge in [-0.05, 0) is 77.0 Å². The van der Waals surface area contributed by atoms with Crippen molar-refractivity contribution in [1.29, 1.82) is 0 Å². The molecule has 1 unspecified atom stereocenters. The molecular formula is C62H114O6. The number of rotatable bonds is 55. The van der Waals surface area contributed by atoms with Gasteiger partial charge in [0.2, 0.25) is 0 Å². The Labute approximate surface area is 423 Å². The third-order valence-corrected chi connectivity index (χ3v) is 13.4. The van der Waals surface area contributed by atoms with Crippen LogP contribution in [0, 0.1) is 0 Å². The largest absolute Gasteiger partial charge is 0.462 e. The lowest BCUT2D eigenvalue weighted by atomic mass is 10.0. The summed E-state index contributed by atoms with van der Waals surface area (Å²) in [5.74, 6) is -0.862. The molecule has 1 atom stereocenters. The number of hydrogen-bond donors (Lipinski definition) is 0. The molecule has 6 heteroatoms. The van der Waals surface area contributed by atoms with E-state index in [0.717, 1.165) is 64.2 Å². The van der Waals surface area contributed by atoms with E-state index < -0.39 is 6.10 Å². The number of ether oxygens (including phenoxy) is 3. The van der Waals surface area contributed by atoms with Crippen LogP contribution in [0.2, 0.25) is 0 Å². The van der Waals surface area contributed by atoms with Gasteiger partial charge in [-0.3, -0.25) is 14.4 Å². The van der Waals surface area contributed by atoms with E-state index in [2.05, 4.69) is 57.2 Å². The Hall–Kier alpha value is -2.37. The zero-order chi connectivity index (χ0) is 49.3. The molecule has 0 bridgehead atoms. The molecule has 0 fully saturated rings. The van der Waals surface area contributed by atoms with Gasteiger partial charge in [0.1, 0.15) is 13.2 Å². The van der Waals surface area contributed by atoms with Crippen molar-refractivity contribution in [3.8, 4) is 0 Å². The first-order valence-corrected chi connectivity index (χ1v) is 30.0. The first-order valence-electron chi connectivity index (χ1n) is 30.0. The van der Waals surface area contributed by atoms with Crippen LogP contribution in [0.3, 0.4) is 0 Å². The molecule has 398 valence electrons. The molecule has 0 aromatic rings. The standard InChI is InChI=1S/C62H114O6/c1-4-7-10-13-16-19-22-25-27-29-30-31-32-34-35-37-40-43-46-49-52-55-61(64)67-58-59(57-66-60(63)54-51-48-45-42-39-24-21-18-15-12-9-6-3)68-62(65)56-53-50-47-44-41-38-36-33-28-26-23-20-17-14-11-8-5-2/h22,25-26,28-30,59H,4-21,23-24,27,31-58H2,1-3H3/b25-22-,28-26-,30-29-. The van der Waals surface area contributed by atoms with E-state index in [-0.39, 0.29) is 31.1 Å². The van der Waals surface area contributed by atoms with Crippen molar-refractivity contribution in [2.75, 3.05) is 13.2 Å². The normalized spacial score (nSPS) is 12.2. The minimum absolute atomic E-state index is 0.0714. The number of allylic oxidation sites excluding steroid dienone is 6. The van der Waals surface area contributed by atoms with Crippen LogP contribution >= 0.6 is 0 Å². The van der Waals surface area contributed by atoms with E-state index in [1.807, 2.05) is 0 Å². The highest BCUT2D eigenvalue weighted by Crippen LogP contribution is 2.16. The summed E-state index contributed by atoms with van der Waals surface area (Å²) in [5.41, 5.74) is 0. The first-order chi connectivity index (χ1) is 33.5. The molecule has 68 heavy (non-hydrogen) atoms. The predicted molar refractivity (Wildman–Crippen MR) is 293 cm³/mol. The van der Waals surface area contributed by atoms with Gasteiger partial charge in [0.15, 0.2) is 6.10 Å². The van der Waals surface area contributed by atoms with E-state index in [1.165, 1.54) is 218 Å². The Kier molecular flexibility index (Phi) is 55.2. The summed E-state index contributed by atoms with van der Waals surface area (Å²) in [6.07, 6.45) is 68.5. The Morgan fingerprint density at radius 3 is 0.824 bits per heavy atom. The van der Waals surface area contributed by atoms with Gasteiger partial charge in [0.25, 0.3) is 0 Å². The van der Waals surface area contributed by atoms with Gasteiger partial charge in [-0.15, -0.1) is 0 Å². The van der Waals surface area contributed by atoms with Crippen molar-refractivity contribution in [2.24, 2.45) is 0 Å². The second kappa shape index (κ2) is 57.2. The molecular weight excluding hydrogens is 841 g/mol. The zero-order valence-electron chi connectivity index (χ0n) is 45.6. The van der Waals surface area contributed by atoms with Crippen molar-refractivity contribution >= 4 is 17.9 Å². The first kappa shape index (κ1) is 65.6. The predicted octanol–water partition coefficient (Wildman–Crippen LogP) is 20.0. The average Bonchev–Trinajstić information content (AvgIpc) is 3.34. The molecule has 0 aliphatic carbocycles. The van der Waals surface area contributed by atoms with Crippen LogP contribution in [0.1, 0.15) is 323 Å². The molecule has 0 radical (unpaired) electrons. The summed E-state index contributed by atoms with van der Waals surface area (Å²) in [6, 6.07) is 0. The zero-order valence-corrected chi connectivity index (χ0v) is 45.6. The minimum Gasteiger partial charge on any atom is -0.462 e. The topological polar surface area (TPSA) is 78.9 Å². The third-order valence-electron chi connectivity index (χ3n) is 13.4. The van der Waals surface area contributed by atoms with Crippen LogP contribution in [0.15, 0.2) is 36.5 Å². The SMILES string of the molecule is CCCCCCC/C=C\C/C=C\CCCCCCCCCCCC(=O)OCC(COC(=O)CCCCCCCCCCCCCC)OC(=O)CCCCCCCCC/C=C\CCCCCCCC. The van der Waals surface area contributed by atoms with Crippen molar-refractivity contribution in [3.63, 3.8) is 0 Å². The summed E-state index contributed by atoms with van der Waals surface area (Å²) in [7, 11) is 0. The number of carbonyl (C=O) groups excluding carboxylic acids is 3. The van der Waals surface area contributed by atoms with Gasteiger partial charge in [0, 0.05) is 19.3 Å². The number of hydrogen-bond acceptors (Lipinski definition) is 6. The van der Waals surface area contributed by atoms with Gasteiger partial charge in [0.05, 0.1) is 0 Å². The van der Waals surface area contributed by atoms with Crippen molar-refractivity contribution in [3.05, 3.63) is 36.5 Å². The maximum atomic E-state index is 12.9. The fourth-order valence-corrected chi connectivity index (χ4v) is 8.82. The van der Waals surface area contributed by atoms with Crippen LogP contribution in [0.5, 0.6) is 0 Å². The summed E-state index contributed by atoms with van der Waals surface area (Å²) in [4.78, 5) is 38.2. The molecule has 0 heterocycles. The van der Waals surface area contributed by atoms with E-state index >= 15 is 0 Å². The molecule has 0 aliphatic rings. The molecule has 0 saturated heterocycles. The van der Waals surface area contributed by atoms with Crippen LogP contribution in [0.4, 0.5) is 0 Å². The van der Waals surface area contributed by atoms with Crippen molar-refractivity contribution in [2.45, 2.75) is 329 Å². The van der Waals surface area contributed by atoms with Gasteiger partial charge >= 0.3 is 17.9 Å². The third kappa shape index (κ3) is 54.6. The van der Waals surface area contributed by atoms with E-state index in [1.54, 1.807) is 0 Å². The molecule has 0 rings (SSSR count). The summed E-state index contributed by atoms with van der Waals surface area (Å²) < 4.78 is 16.9.